The van der Waals surface area contributed by atoms with E-state index >= 15 is 0 Å². The van der Waals surface area contributed by atoms with Crippen LogP contribution in [0.3, 0.4) is 0 Å². The Kier molecular flexibility index (Phi) is 9.25. The highest BCUT2D eigenvalue weighted by Gasteiger charge is 2.22. The molecule has 0 aromatic heterocycles. The van der Waals surface area contributed by atoms with Crippen LogP contribution < -0.4 is 10.6 Å². The van der Waals surface area contributed by atoms with Crippen molar-refractivity contribution in [3.8, 4) is 0 Å². The highest BCUT2D eigenvalue weighted by molar-refractivity contribution is 7.90. The van der Waals surface area contributed by atoms with E-state index in [-0.39, 0.29) is 11.8 Å². The van der Waals surface area contributed by atoms with E-state index in [1.54, 1.807) is 0 Å². The second-order valence-corrected chi connectivity index (χ2v) is 10.0. The lowest BCUT2D eigenvalue weighted by molar-refractivity contribution is 0.145. The molecule has 2 atom stereocenters. The van der Waals surface area contributed by atoms with Crippen LogP contribution in [0.15, 0.2) is 35.3 Å². The van der Waals surface area contributed by atoms with Crippen molar-refractivity contribution in [1.82, 2.24) is 15.5 Å². The zero-order valence-corrected chi connectivity index (χ0v) is 18.3. The number of sulfone groups is 1. The highest BCUT2D eigenvalue weighted by atomic mass is 32.2. The quantitative estimate of drug-likeness (QED) is 0.485. The summed E-state index contributed by atoms with van der Waals surface area (Å²) in [5.74, 6) is 0.961. The van der Waals surface area contributed by atoms with Crippen LogP contribution >= 0.6 is 0 Å². The van der Waals surface area contributed by atoms with Crippen LogP contribution in [0.5, 0.6) is 0 Å². The van der Waals surface area contributed by atoms with Gasteiger partial charge in [-0.25, -0.2) is 8.42 Å². The number of nitrogens with one attached hydrogen (secondary N) is 2. The van der Waals surface area contributed by atoms with Gasteiger partial charge in [-0.1, -0.05) is 36.8 Å². The molecule has 1 aromatic carbocycles. The molecule has 1 aliphatic rings. The van der Waals surface area contributed by atoms with E-state index in [4.69, 9.17) is 4.99 Å². The Morgan fingerprint density at radius 2 is 2.04 bits per heavy atom. The molecule has 1 heterocycles. The molecule has 0 bridgehead atoms. The standard InChI is InChI=1S/C21H36N4O2S/c1-4-22-21(24-18(2)13-15-28(3,26)27)23-16-20-12-8-9-14-25(20)17-19-10-6-5-7-11-19/h5-7,10-11,18,20H,4,8-9,12-17H2,1-3H3,(H2,22,23,24). The molecule has 0 saturated carbocycles. The van der Waals surface area contributed by atoms with Crippen LogP contribution in [0.1, 0.15) is 45.1 Å². The summed E-state index contributed by atoms with van der Waals surface area (Å²) in [6, 6.07) is 11.1. The molecule has 6 nitrogen and oxygen atoms in total. The maximum absolute atomic E-state index is 11.4. The monoisotopic (exact) mass is 408 g/mol. The third kappa shape index (κ3) is 8.61. The first-order valence-corrected chi connectivity index (χ1v) is 12.4. The smallest absolute Gasteiger partial charge is 0.191 e. The van der Waals surface area contributed by atoms with Crippen molar-refractivity contribution in [3.05, 3.63) is 35.9 Å². The van der Waals surface area contributed by atoms with Crippen molar-refractivity contribution >= 4 is 15.8 Å². The Hall–Kier alpha value is -1.60. The minimum Gasteiger partial charge on any atom is -0.357 e. The summed E-state index contributed by atoms with van der Waals surface area (Å²) >= 11 is 0. The molecule has 1 fully saturated rings. The third-order valence-corrected chi connectivity index (χ3v) is 6.06. The third-order valence-electron chi connectivity index (χ3n) is 5.09. The molecule has 2 unspecified atom stereocenters. The van der Waals surface area contributed by atoms with Crippen molar-refractivity contribution in [2.45, 2.75) is 58.2 Å². The van der Waals surface area contributed by atoms with Gasteiger partial charge >= 0.3 is 0 Å². The summed E-state index contributed by atoms with van der Waals surface area (Å²) in [7, 11) is -2.94. The number of guanidine groups is 1. The van der Waals surface area contributed by atoms with Crippen LogP contribution in [-0.2, 0) is 16.4 Å². The van der Waals surface area contributed by atoms with Gasteiger partial charge in [-0.15, -0.1) is 0 Å². The minimum atomic E-state index is -2.94. The molecule has 0 spiro atoms. The molecular weight excluding hydrogens is 372 g/mol. The summed E-state index contributed by atoms with van der Waals surface area (Å²) in [4.78, 5) is 7.36. The van der Waals surface area contributed by atoms with Crippen molar-refractivity contribution < 1.29 is 8.42 Å². The zero-order chi connectivity index (χ0) is 20.4. The predicted octanol–water partition coefficient (Wildman–Crippen LogP) is 2.42. The van der Waals surface area contributed by atoms with Crippen LogP contribution in [0.4, 0.5) is 0 Å². The molecule has 0 amide bonds. The van der Waals surface area contributed by atoms with Crippen molar-refractivity contribution in [2.75, 3.05) is 31.6 Å². The Morgan fingerprint density at radius 3 is 2.71 bits per heavy atom. The van der Waals surface area contributed by atoms with E-state index in [0.717, 1.165) is 32.1 Å². The van der Waals surface area contributed by atoms with Gasteiger partial charge in [0, 0.05) is 31.4 Å². The average Bonchev–Trinajstić information content (AvgIpc) is 2.66. The van der Waals surface area contributed by atoms with Gasteiger partial charge in [-0.2, -0.15) is 0 Å². The van der Waals surface area contributed by atoms with E-state index in [1.165, 1.54) is 31.1 Å². The Bertz CT molecular complexity index is 706. The zero-order valence-electron chi connectivity index (χ0n) is 17.5. The fourth-order valence-electron chi connectivity index (χ4n) is 3.51. The molecule has 0 aliphatic carbocycles. The Labute approximate surface area is 170 Å². The number of rotatable bonds is 9. The SMILES string of the molecule is CCNC(=NCC1CCCCN1Cc1ccccc1)NC(C)CCS(C)(=O)=O. The second-order valence-electron chi connectivity index (χ2n) is 7.79. The van der Waals surface area contributed by atoms with Gasteiger partial charge in [0.1, 0.15) is 9.84 Å². The molecular formula is C21H36N4O2S. The maximum atomic E-state index is 11.4. The maximum Gasteiger partial charge on any atom is 0.191 e. The van der Waals surface area contributed by atoms with Gasteiger partial charge in [0.15, 0.2) is 5.96 Å². The Balaban J connectivity index is 1.94. The number of piperidine rings is 1. The van der Waals surface area contributed by atoms with Gasteiger partial charge in [0.2, 0.25) is 0 Å². The molecule has 7 heteroatoms. The molecule has 158 valence electrons. The summed E-state index contributed by atoms with van der Waals surface area (Å²) in [5, 5.41) is 6.64. The van der Waals surface area contributed by atoms with Gasteiger partial charge in [-0.05, 0) is 45.2 Å². The second kappa shape index (κ2) is 11.4. The predicted molar refractivity (Wildman–Crippen MR) is 117 cm³/mol. The normalized spacial score (nSPS) is 20.0. The van der Waals surface area contributed by atoms with E-state index in [1.807, 2.05) is 13.8 Å². The van der Waals surface area contributed by atoms with E-state index in [0.29, 0.717) is 12.5 Å². The van der Waals surface area contributed by atoms with E-state index in [2.05, 4.69) is 45.9 Å². The van der Waals surface area contributed by atoms with E-state index in [9.17, 15) is 8.42 Å². The first-order chi connectivity index (χ1) is 13.4. The van der Waals surface area contributed by atoms with Crippen molar-refractivity contribution in [2.24, 2.45) is 4.99 Å². The van der Waals surface area contributed by atoms with Gasteiger partial charge in [-0.3, -0.25) is 9.89 Å². The molecule has 28 heavy (non-hydrogen) atoms. The van der Waals surface area contributed by atoms with Gasteiger partial charge in [0.25, 0.3) is 0 Å². The number of benzene rings is 1. The number of nitrogens with zero attached hydrogens (tertiary/aromatic N) is 2. The highest BCUT2D eigenvalue weighted by Crippen LogP contribution is 2.20. The molecule has 2 N–H and O–H groups in total. The fourth-order valence-corrected chi connectivity index (χ4v) is 4.29. The van der Waals surface area contributed by atoms with Gasteiger partial charge < -0.3 is 10.6 Å². The van der Waals surface area contributed by atoms with Crippen LogP contribution in [0.2, 0.25) is 0 Å². The summed E-state index contributed by atoms with van der Waals surface area (Å²) in [5.41, 5.74) is 1.35. The Morgan fingerprint density at radius 1 is 1.29 bits per heavy atom. The number of likely N-dealkylation sites (tertiary alicyclic amines) is 1. The van der Waals surface area contributed by atoms with Crippen molar-refractivity contribution in [1.29, 1.82) is 0 Å². The largest absolute Gasteiger partial charge is 0.357 e. The molecule has 2 rings (SSSR count). The van der Waals surface area contributed by atoms with Gasteiger partial charge in [0.05, 0.1) is 12.3 Å². The lowest BCUT2D eigenvalue weighted by atomic mass is 10.0. The number of hydrogen-bond donors (Lipinski definition) is 2. The number of hydrogen-bond acceptors (Lipinski definition) is 4. The molecule has 1 aromatic rings. The van der Waals surface area contributed by atoms with Crippen LogP contribution in [0, 0.1) is 0 Å². The van der Waals surface area contributed by atoms with Crippen LogP contribution in [-0.4, -0.2) is 63.0 Å². The van der Waals surface area contributed by atoms with E-state index < -0.39 is 9.84 Å². The lowest BCUT2D eigenvalue weighted by Crippen LogP contribution is -2.45. The first kappa shape index (κ1) is 22.7. The first-order valence-electron chi connectivity index (χ1n) is 10.4. The molecule has 1 saturated heterocycles. The summed E-state index contributed by atoms with van der Waals surface area (Å²) < 4.78 is 22.8. The average molecular weight is 409 g/mol. The minimum absolute atomic E-state index is 0.0549. The molecule has 0 radical (unpaired) electrons. The summed E-state index contributed by atoms with van der Waals surface area (Å²) in [6.45, 7) is 7.66. The van der Waals surface area contributed by atoms with Crippen LogP contribution in [0.25, 0.3) is 0 Å². The van der Waals surface area contributed by atoms with Crippen molar-refractivity contribution in [3.63, 3.8) is 0 Å². The topological polar surface area (TPSA) is 73.8 Å². The summed E-state index contributed by atoms with van der Waals surface area (Å²) in [6.07, 6.45) is 5.52. The fraction of sp³-hybridized carbons (Fsp3) is 0.667. The number of aliphatic imine (C=N–C) groups is 1. The lowest BCUT2D eigenvalue weighted by Gasteiger charge is -2.35. The molecule has 1 aliphatic heterocycles.